The standard InChI is InChI=1S/C39H72N10O10/c1-5-6-7-8-9-10-11-12-13-14-15-16-17-20-31(52)46-27(19-18-23-44-39(41)42)35(56)47-28(21-22-32(53)54)36(57)49-33(26(3)50)38(59)48-29(24-30(40)51)37(58)45-25(2)34(55)43-4/h25-29,33,50H,5-24H2,1-4H3,(H2,40,51)(H,43,55)(H,45,58)(H,46,52)(H,47,56)(H,48,59)(H,49,57)(H,53,54)(H4,41,42,44)/t25-,26+,27-,28-,29-,33-/m0/s1. The van der Waals surface area contributed by atoms with Crippen molar-refractivity contribution in [3.8, 4) is 0 Å². The lowest BCUT2D eigenvalue weighted by Gasteiger charge is -2.27. The minimum atomic E-state index is -1.78. The highest BCUT2D eigenvalue weighted by Gasteiger charge is 2.34. The van der Waals surface area contributed by atoms with E-state index in [1.54, 1.807) is 0 Å². The number of carbonyl (C=O) groups excluding carboxylic acids is 7. The van der Waals surface area contributed by atoms with E-state index >= 15 is 0 Å². The van der Waals surface area contributed by atoms with Crippen LogP contribution in [0, 0.1) is 0 Å². The van der Waals surface area contributed by atoms with Gasteiger partial charge in [-0.15, -0.1) is 0 Å². The van der Waals surface area contributed by atoms with Gasteiger partial charge in [-0.2, -0.15) is 0 Å². The zero-order chi connectivity index (χ0) is 44.8. The first-order valence-electron chi connectivity index (χ1n) is 20.9. The number of primary amides is 1. The Bertz CT molecular complexity index is 1360. The van der Waals surface area contributed by atoms with E-state index in [4.69, 9.17) is 17.2 Å². The molecule has 0 fully saturated rings. The van der Waals surface area contributed by atoms with E-state index in [-0.39, 0.29) is 31.8 Å². The number of aliphatic carboxylic acids is 1. The fourth-order valence-corrected chi connectivity index (χ4v) is 6.08. The van der Waals surface area contributed by atoms with E-state index < -0.39 is 103 Å². The van der Waals surface area contributed by atoms with Crippen molar-refractivity contribution in [1.82, 2.24) is 31.9 Å². The number of aliphatic hydroxyl groups excluding tert-OH is 1. The summed E-state index contributed by atoms with van der Waals surface area (Å²) in [6.45, 7) is 4.84. The molecule has 338 valence electrons. The van der Waals surface area contributed by atoms with Crippen LogP contribution >= 0.6 is 0 Å². The van der Waals surface area contributed by atoms with Crippen molar-refractivity contribution in [2.45, 2.75) is 179 Å². The van der Waals surface area contributed by atoms with Crippen LogP contribution in [-0.4, -0.2) is 113 Å². The van der Waals surface area contributed by atoms with Crippen LogP contribution in [0.2, 0.25) is 0 Å². The molecule has 0 unspecified atom stereocenters. The number of unbranched alkanes of at least 4 members (excludes halogenated alkanes) is 12. The summed E-state index contributed by atoms with van der Waals surface area (Å²) in [5.41, 5.74) is 16.1. The van der Waals surface area contributed by atoms with Crippen LogP contribution in [0.3, 0.4) is 0 Å². The van der Waals surface area contributed by atoms with Crippen molar-refractivity contribution in [2.24, 2.45) is 22.2 Å². The Kier molecular flexibility index (Phi) is 29.2. The van der Waals surface area contributed by atoms with Gasteiger partial charge in [0.1, 0.15) is 30.2 Å². The maximum absolute atomic E-state index is 13.6. The number of aliphatic imine (C=N–C) groups is 1. The molecule has 0 aliphatic rings. The second kappa shape index (κ2) is 31.9. The van der Waals surface area contributed by atoms with Crippen LogP contribution in [0.1, 0.15) is 143 Å². The SMILES string of the molecule is CCCCCCCCCCCCCCCC(=O)N[C@@H](CCCN=C(N)N)C(=O)N[C@@H](CCC(=O)O)C(=O)N[C@H](C(=O)N[C@@H](CC(N)=O)C(=O)N[C@@H](C)C(=O)NC)[C@@H](C)O. The summed E-state index contributed by atoms with van der Waals surface area (Å²) in [5.74, 6) is -7.41. The molecule has 20 heteroatoms. The molecule has 59 heavy (non-hydrogen) atoms. The molecule has 0 radical (unpaired) electrons. The van der Waals surface area contributed by atoms with Crippen molar-refractivity contribution < 1.29 is 48.6 Å². The molecule has 0 bridgehead atoms. The Balaban J connectivity index is 5.67. The lowest BCUT2D eigenvalue weighted by atomic mass is 10.0. The Morgan fingerprint density at radius 3 is 1.56 bits per heavy atom. The van der Waals surface area contributed by atoms with Gasteiger partial charge in [0.15, 0.2) is 5.96 Å². The molecule has 0 aliphatic carbocycles. The van der Waals surface area contributed by atoms with E-state index in [0.29, 0.717) is 6.42 Å². The van der Waals surface area contributed by atoms with Gasteiger partial charge >= 0.3 is 5.97 Å². The van der Waals surface area contributed by atoms with Gasteiger partial charge in [0, 0.05) is 26.4 Å². The van der Waals surface area contributed by atoms with Gasteiger partial charge in [0.25, 0.3) is 0 Å². The van der Waals surface area contributed by atoms with Crippen molar-refractivity contribution >= 4 is 53.3 Å². The molecule has 6 atom stereocenters. The molecule has 0 spiro atoms. The monoisotopic (exact) mass is 841 g/mol. The summed E-state index contributed by atoms with van der Waals surface area (Å²) < 4.78 is 0. The molecule has 0 aliphatic heterocycles. The van der Waals surface area contributed by atoms with Crippen LogP contribution in [0.25, 0.3) is 0 Å². The molecule has 0 saturated carbocycles. The Morgan fingerprint density at radius 2 is 1.07 bits per heavy atom. The van der Waals surface area contributed by atoms with Crippen molar-refractivity contribution in [3.63, 3.8) is 0 Å². The van der Waals surface area contributed by atoms with E-state index in [1.807, 2.05) is 0 Å². The Labute approximate surface area is 348 Å². The number of likely N-dealkylation sites (N-methyl/N-ethyl adjacent to an activating group) is 1. The fraction of sp³-hybridized carbons (Fsp3) is 0.769. The van der Waals surface area contributed by atoms with E-state index in [0.717, 1.165) is 32.6 Å². The molecule has 0 aromatic heterocycles. The van der Waals surface area contributed by atoms with Crippen LogP contribution in [0.4, 0.5) is 0 Å². The molecule has 14 N–H and O–H groups in total. The van der Waals surface area contributed by atoms with Crippen LogP contribution in [0.15, 0.2) is 4.99 Å². The van der Waals surface area contributed by atoms with Crippen molar-refractivity contribution in [2.75, 3.05) is 13.6 Å². The number of rotatable bonds is 34. The Morgan fingerprint density at radius 1 is 0.576 bits per heavy atom. The van der Waals surface area contributed by atoms with Crippen molar-refractivity contribution in [3.05, 3.63) is 0 Å². The average molecular weight is 841 g/mol. The van der Waals surface area contributed by atoms with Gasteiger partial charge in [-0.3, -0.25) is 43.3 Å². The fourth-order valence-electron chi connectivity index (χ4n) is 6.08. The minimum absolute atomic E-state index is 0.0563. The topological polar surface area (TPSA) is 340 Å². The number of nitrogens with zero attached hydrogens (tertiary/aromatic N) is 1. The molecule has 0 aromatic rings. The van der Waals surface area contributed by atoms with Crippen molar-refractivity contribution in [1.29, 1.82) is 0 Å². The maximum atomic E-state index is 13.6. The zero-order valence-corrected chi connectivity index (χ0v) is 35.4. The number of guanidine groups is 1. The highest BCUT2D eigenvalue weighted by Crippen LogP contribution is 2.13. The smallest absolute Gasteiger partial charge is 0.303 e. The number of aliphatic hydroxyl groups is 1. The molecule has 0 heterocycles. The summed E-state index contributed by atoms with van der Waals surface area (Å²) in [6, 6.07) is -7.19. The average Bonchev–Trinajstić information content (AvgIpc) is 3.16. The number of carboxylic acids is 1. The summed E-state index contributed by atoms with van der Waals surface area (Å²) in [7, 11) is 1.34. The number of carboxylic acid groups (broad SMARTS) is 1. The van der Waals surface area contributed by atoms with Gasteiger partial charge in [-0.25, -0.2) is 0 Å². The summed E-state index contributed by atoms with van der Waals surface area (Å²) in [6.07, 6.45) is 11.9. The quantitative estimate of drug-likeness (QED) is 0.0229. The number of hydrogen-bond donors (Lipinski definition) is 11. The second-order valence-electron chi connectivity index (χ2n) is 14.9. The van der Waals surface area contributed by atoms with E-state index in [2.05, 4.69) is 43.8 Å². The highest BCUT2D eigenvalue weighted by atomic mass is 16.4. The number of hydrogen-bond acceptors (Lipinski definition) is 10. The van der Waals surface area contributed by atoms with Gasteiger partial charge in [0.2, 0.25) is 41.4 Å². The molecule has 7 amide bonds. The van der Waals surface area contributed by atoms with Gasteiger partial charge in [-0.05, 0) is 39.5 Å². The molecule has 0 saturated heterocycles. The summed E-state index contributed by atoms with van der Waals surface area (Å²) >= 11 is 0. The summed E-state index contributed by atoms with van der Waals surface area (Å²) in [5, 5.41) is 34.1. The first-order chi connectivity index (χ1) is 27.9. The molecule has 0 aromatic carbocycles. The van der Waals surface area contributed by atoms with E-state index in [9.17, 15) is 48.6 Å². The van der Waals surface area contributed by atoms with Gasteiger partial charge < -0.3 is 59.3 Å². The number of nitrogens with two attached hydrogens (primary N) is 3. The third-order valence-electron chi connectivity index (χ3n) is 9.48. The lowest BCUT2D eigenvalue weighted by molar-refractivity contribution is -0.139. The van der Waals surface area contributed by atoms with Crippen LogP contribution in [-0.2, 0) is 38.4 Å². The van der Waals surface area contributed by atoms with Crippen LogP contribution < -0.4 is 49.1 Å². The molecule has 0 rings (SSSR count). The third kappa shape index (κ3) is 26.6. The van der Waals surface area contributed by atoms with E-state index in [1.165, 1.54) is 65.3 Å². The molecular formula is C39H72N10O10. The highest BCUT2D eigenvalue weighted by molar-refractivity contribution is 5.98. The predicted octanol–water partition coefficient (Wildman–Crippen LogP) is -0.168. The first-order valence-corrected chi connectivity index (χ1v) is 20.9. The summed E-state index contributed by atoms with van der Waals surface area (Å²) in [4.78, 5) is 105. The van der Waals surface area contributed by atoms with Gasteiger partial charge in [-0.1, -0.05) is 84.0 Å². The second-order valence-corrected chi connectivity index (χ2v) is 14.9. The largest absolute Gasteiger partial charge is 0.481 e. The third-order valence-corrected chi connectivity index (χ3v) is 9.48. The first kappa shape index (κ1) is 54.0. The maximum Gasteiger partial charge on any atom is 0.303 e. The predicted molar refractivity (Wildman–Crippen MR) is 222 cm³/mol. The zero-order valence-electron chi connectivity index (χ0n) is 35.4. The van der Waals surface area contributed by atoms with Gasteiger partial charge in [0.05, 0.1) is 12.5 Å². The lowest BCUT2D eigenvalue weighted by Crippen LogP contribution is -2.61. The molecular weight excluding hydrogens is 768 g/mol. The number of amides is 7. The molecule has 20 nitrogen and oxygen atoms in total. The number of carbonyl (C=O) groups is 8. The number of nitrogens with one attached hydrogen (secondary N) is 6. The minimum Gasteiger partial charge on any atom is -0.481 e. The van der Waals surface area contributed by atoms with Crippen LogP contribution in [0.5, 0.6) is 0 Å². The normalized spacial score (nSPS) is 13.9. The Hall–Kier alpha value is -5.01.